The van der Waals surface area contributed by atoms with E-state index in [0.717, 1.165) is 0 Å². The summed E-state index contributed by atoms with van der Waals surface area (Å²) in [4.78, 5) is 24.1. The molecule has 1 fully saturated rings. The lowest BCUT2D eigenvalue weighted by molar-refractivity contribution is -0.117. The molecule has 0 bridgehead atoms. The molecule has 7 heteroatoms. The Morgan fingerprint density at radius 2 is 2.35 bits per heavy atom. The summed E-state index contributed by atoms with van der Waals surface area (Å²) in [6.07, 6.45) is 1.14. The van der Waals surface area contributed by atoms with Gasteiger partial charge in [0.2, 0.25) is 11.9 Å². The average molecular weight is 253 g/mol. The molecule has 2 aromatic rings. The molecule has 1 atom stereocenters. The molecule has 17 heavy (non-hydrogen) atoms. The Kier molecular flexibility index (Phi) is 2.27. The maximum atomic E-state index is 11.6. The Bertz CT molecular complexity index is 597. The summed E-state index contributed by atoms with van der Waals surface area (Å²) in [5.74, 6) is 0.0333. The van der Waals surface area contributed by atoms with Gasteiger partial charge in [-0.2, -0.15) is 9.97 Å². The first-order chi connectivity index (χ1) is 8.15. The van der Waals surface area contributed by atoms with Gasteiger partial charge in [0.15, 0.2) is 0 Å². The Balaban J connectivity index is 2.08. The number of aliphatic hydroxyl groups is 1. The maximum Gasteiger partial charge on any atom is 0.235 e. The topological polar surface area (TPSA) is 82.1 Å². The van der Waals surface area contributed by atoms with Crippen LogP contribution in [0.5, 0.6) is 0 Å². The predicted octanol–water partition coefficient (Wildman–Crippen LogP) is 0.709. The van der Waals surface area contributed by atoms with Crippen molar-refractivity contribution in [3.05, 3.63) is 17.4 Å². The van der Waals surface area contributed by atoms with Crippen LogP contribution >= 0.6 is 11.6 Å². The van der Waals surface area contributed by atoms with E-state index in [1.54, 1.807) is 12.3 Å². The molecule has 0 aromatic carbocycles. The summed E-state index contributed by atoms with van der Waals surface area (Å²) in [7, 11) is 0. The highest BCUT2D eigenvalue weighted by molar-refractivity contribution is 6.34. The van der Waals surface area contributed by atoms with Crippen molar-refractivity contribution < 1.29 is 9.90 Å². The smallest absolute Gasteiger partial charge is 0.235 e. The SMILES string of the molecule is O=C1CC(O)CN1c1nc(Cl)c2cc[nH]c2n1. The molecule has 1 unspecified atom stereocenters. The van der Waals surface area contributed by atoms with Crippen LogP contribution in [0.15, 0.2) is 12.3 Å². The molecule has 2 aromatic heterocycles. The molecule has 6 nitrogen and oxygen atoms in total. The first-order valence-corrected chi connectivity index (χ1v) is 5.52. The van der Waals surface area contributed by atoms with Crippen LogP contribution in [0.25, 0.3) is 11.0 Å². The van der Waals surface area contributed by atoms with Gasteiger partial charge in [-0.25, -0.2) is 0 Å². The number of hydrogen-bond acceptors (Lipinski definition) is 4. The molecule has 88 valence electrons. The number of rotatable bonds is 1. The number of halogens is 1. The van der Waals surface area contributed by atoms with Gasteiger partial charge in [0, 0.05) is 6.20 Å². The van der Waals surface area contributed by atoms with Crippen molar-refractivity contribution in [1.82, 2.24) is 15.0 Å². The fraction of sp³-hybridized carbons (Fsp3) is 0.300. The second kappa shape index (κ2) is 3.68. The van der Waals surface area contributed by atoms with Gasteiger partial charge in [0.05, 0.1) is 24.5 Å². The van der Waals surface area contributed by atoms with Crippen molar-refractivity contribution >= 4 is 34.5 Å². The molecular weight excluding hydrogens is 244 g/mol. The van der Waals surface area contributed by atoms with Crippen LogP contribution in [0.3, 0.4) is 0 Å². The molecule has 2 N–H and O–H groups in total. The van der Waals surface area contributed by atoms with E-state index in [-0.39, 0.29) is 24.8 Å². The average Bonchev–Trinajstić information content (AvgIpc) is 2.84. The summed E-state index contributed by atoms with van der Waals surface area (Å²) < 4.78 is 0. The number of carbonyl (C=O) groups excluding carboxylic acids is 1. The lowest BCUT2D eigenvalue weighted by Gasteiger charge is -2.13. The zero-order valence-electron chi connectivity index (χ0n) is 8.72. The number of aromatic nitrogens is 3. The summed E-state index contributed by atoms with van der Waals surface area (Å²) >= 11 is 5.99. The van der Waals surface area contributed by atoms with E-state index in [1.165, 1.54) is 4.90 Å². The highest BCUT2D eigenvalue weighted by Crippen LogP contribution is 2.24. The second-order valence-corrected chi connectivity index (χ2v) is 4.27. The number of nitrogens with one attached hydrogen (secondary N) is 1. The van der Waals surface area contributed by atoms with Crippen molar-refractivity contribution in [1.29, 1.82) is 0 Å². The van der Waals surface area contributed by atoms with E-state index in [0.29, 0.717) is 16.2 Å². The van der Waals surface area contributed by atoms with E-state index < -0.39 is 6.10 Å². The van der Waals surface area contributed by atoms with Crippen LogP contribution in [-0.2, 0) is 4.79 Å². The molecule has 1 saturated heterocycles. The second-order valence-electron chi connectivity index (χ2n) is 3.92. The molecule has 0 aliphatic carbocycles. The summed E-state index contributed by atoms with van der Waals surface area (Å²) in [5.41, 5.74) is 0.578. The summed E-state index contributed by atoms with van der Waals surface area (Å²) in [6.45, 7) is 0.210. The third-order valence-corrected chi connectivity index (χ3v) is 2.99. The van der Waals surface area contributed by atoms with Crippen molar-refractivity contribution in [2.75, 3.05) is 11.4 Å². The zero-order valence-corrected chi connectivity index (χ0v) is 9.48. The molecule has 3 heterocycles. The van der Waals surface area contributed by atoms with Gasteiger partial charge in [0.25, 0.3) is 0 Å². The monoisotopic (exact) mass is 252 g/mol. The Hall–Kier alpha value is -1.66. The van der Waals surface area contributed by atoms with E-state index in [4.69, 9.17) is 11.6 Å². The molecule has 0 saturated carbocycles. The fourth-order valence-corrected chi connectivity index (χ4v) is 2.12. The van der Waals surface area contributed by atoms with Crippen LogP contribution in [0.2, 0.25) is 5.15 Å². The number of aromatic amines is 1. The van der Waals surface area contributed by atoms with Crippen LogP contribution < -0.4 is 4.90 Å². The fourth-order valence-electron chi connectivity index (χ4n) is 1.90. The largest absolute Gasteiger partial charge is 0.391 e. The minimum Gasteiger partial charge on any atom is -0.391 e. The normalized spacial score (nSPS) is 20.5. The molecular formula is C10H9ClN4O2. The number of aliphatic hydroxyl groups excluding tert-OH is 1. The minimum absolute atomic E-state index is 0.101. The first kappa shape index (κ1) is 10.5. The predicted molar refractivity (Wildman–Crippen MR) is 61.9 cm³/mol. The summed E-state index contributed by atoms with van der Waals surface area (Å²) in [6, 6.07) is 1.77. The number of anilines is 1. The minimum atomic E-state index is -0.663. The molecule has 1 aliphatic rings. The molecule has 1 amide bonds. The van der Waals surface area contributed by atoms with Crippen LogP contribution in [0.1, 0.15) is 6.42 Å². The molecule has 1 aliphatic heterocycles. The van der Waals surface area contributed by atoms with Crippen molar-refractivity contribution in [2.45, 2.75) is 12.5 Å². The Morgan fingerprint density at radius 1 is 1.53 bits per heavy atom. The van der Waals surface area contributed by atoms with Gasteiger partial charge < -0.3 is 10.1 Å². The number of carbonyl (C=O) groups is 1. The number of β-amino-alcohol motifs (C(OH)–C–C–N with tert-alkyl or cyclic N) is 1. The quantitative estimate of drug-likeness (QED) is 0.733. The van der Waals surface area contributed by atoms with E-state index in [9.17, 15) is 9.90 Å². The van der Waals surface area contributed by atoms with Gasteiger partial charge in [-0.1, -0.05) is 11.6 Å². The number of H-pyrrole nitrogens is 1. The standard InChI is InChI=1S/C10H9ClN4O2/c11-8-6-1-2-12-9(6)14-10(13-8)15-4-5(16)3-7(15)17/h1-2,5,16H,3-4H2,(H,12,13,14). The van der Waals surface area contributed by atoms with E-state index in [2.05, 4.69) is 15.0 Å². The number of fused-ring (bicyclic) bond motifs is 1. The lowest BCUT2D eigenvalue weighted by atomic mass is 10.3. The third kappa shape index (κ3) is 1.65. The first-order valence-electron chi connectivity index (χ1n) is 5.14. The number of amides is 1. The maximum absolute atomic E-state index is 11.6. The van der Waals surface area contributed by atoms with Gasteiger partial charge in [-0.3, -0.25) is 9.69 Å². The van der Waals surface area contributed by atoms with Crippen LogP contribution in [0.4, 0.5) is 5.95 Å². The lowest BCUT2D eigenvalue weighted by Crippen LogP contribution is -2.27. The van der Waals surface area contributed by atoms with E-state index >= 15 is 0 Å². The molecule has 0 radical (unpaired) electrons. The zero-order chi connectivity index (χ0) is 12.0. The third-order valence-electron chi connectivity index (χ3n) is 2.70. The molecule has 3 rings (SSSR count). The van der Waals surface area contributed by atoms with Gasteiger partial charge in [-0.15, -0.1) is 0 Å². The number of nitrogens with zero attached hydrogens (tertiary/aromatic N) is 3. The summed E-state index contributed by atoms with van der Waals surface area (Å²) in [5, 5.41) is 10.4. The van der Waals surface area contributed by atoms with Crippen LogP contribution in [0, 0.1) is 0 Å². The van der Waals surface area contributed by atoms with Crippen molar-refractivity contribution in [3.8, 4) is 0 Å². The number of hydrogen-bond donors (Lipinski definition) is 2. The van der Waals surface area contributed by atoms with Gasteiger partial charge >= 0.3 is 0 Å². The van der Waals surface area contributed by atoms with Gasteiger partial charge in [-0.05, 0) is 6.07 Å². The van der Waals surface area contributed by atoms with Crippen molar-refractivity contribution in [2.24, 2.45) is 0 Å². The Labute approximate surface area is 101 Å². The highest BCUT2D eigenvalue weighted by Gasteiger charge is 2.31. The molecule has 0 spiro atoms. The highest BCUT2D eigenvalue weighted by atomic mass is 35.5. The Morgan fingerprint density at radius 3 is 3.06 bits per heavy atom. The van der Waals surface area contributed by atoms with E-state index in [1.807, 2.05) is 0 Å². The van der Waals surface area contributed by atoms with Crippen molar-refractivity contribution in [3.63, 3.8) is 0 Å². The van der Waals surface area contributed by atoms with Gasteiger partial charge in [0.1, 0.15) is 10.8 Å². The van der Waals surface area contributed by atoms with Crippen LogP contribution in [-0.4, -0.2) is 38.6 Å².